The van der Waals surface area contributed by atoms with Crippen molar-refractivity contribution in [3.63, 3.8) is 0 Å². The van der Waals surface area contributed by atoms with E-state index in [0.29, 0.717) is 16.7 Å². The summed E-state index contributed by atoms with van der Waals surface area (Å²) in [6.45, 7) is 10.0. The van der Waals surface area contributed by atoms with Gasteiger partial charge in [-0.05, 0) is 73.3 Å². The topological polar surface area (TPSA) is 238 Å². The monoisotopic (exact) mass is 842 g/mol. The van der Waals surface area contributed by atoms with Gasteiger partial charge in [-0.2, -0.15) is 0 Å². The zero-order valence-electron chi connectivity index (χ0n) is 35.6. The number of benzene rings is 2. The fourth-order valence-corrected chi connectivity index (χ4v) is 10.6. The predicted molar refractivity (Wildman–Crippen MR) is 210 cm³/mol. The third kappa shape index (κ3) is 6.47. The lowest BCUT2D eigenvalue weighted by Crippen LogP contribution is -2.71. The van der Waals surface area contributed by atoms with Gasteiger partial charge in [0.1, 0.15) is 53.2 Å². The summed E-state index contributed by atoms with van der Waals surface area (Å²) in [7, 11) is 6.41. The number of nitrogens with zero attached hydrogens (tertiary/aromatic N) is 1. The van der Waals surface area contributed by atoms with Crippen molar-refractivity contribution >= 4 is 11.6 Å². The van der Waals surface area contributed by atoms with Crippen molar-refractivity contribution < 1.29 is 73.0 Å². The maximum absolute atomic E-state index is 14.7. The van der Waals surface area contributed by atoms with Crippen molar-refractivity contribution in [3.8, 4) is 11.5 Å². The third-order valence-corrected chi connectivity index (χ3v) is 13.8. The van der Waals surface area contributed by atoms with Crippen LogP contribution < -0.4 is 10.5 Å². The van der Waals surface area contributed by atoms with E-state index < -0.39 is 108 Å². The molecule has 6 aliphatic rings. The van der Waals surface area contributed by atoms with Crippen molar-refractivity contribution in [2.24, 2.45) is 5.73 Å². The van der Waals surface area contributed by atoms with E-state index in [1.165, 1.54) is 27.2 Å². The number of ether oxygens (including phenoxy) is 8. The standard InChI is InChI=1S/C43H58N2O15/c1-17-34(50)42(5,52)37(54-10)39(56-17)59-35-18(2)55-25(16-40(35,3)44)57-36-28(45(7)8)32(49)38-58-33-23(43(36,6)60-38)12-11-20-27(33)31(48)26-22(29(20)46)13-19-15-41(4,51)24(53-9)14-21(19)30(26)47/h11-13,17-18,24-25,28,32,34-39,47,49-52H,14-16,44H2,1-10H3. The third-order valence-electron chi connectivity index (χ3n) is 13.8. The second-order valence-electron chi connectivity index (χ2n) is 18.6. The highest BCUT2D eigenvalue weighted by atomic mass is 16.8. The maximum atomic E-state index is 14.7. The van der Waals surface area contributed by atoms with Gasteiger partial charge in [-0.25, -0.2) is 0 Å². The molecule has 2 aromatic rings. The number of nitrogens with two attached hydrogens (primary N) is 1. The number of aromatic hydroxyl groups is 1. The Morgan fingerprint density at radius 1 is 0.883 bits per heavy atom. The van der Waals surface area contributed by atoms with Crippen molar-refractivity contribution in [2.45, 2.75) is 157 Å². The van der Waals surface area contributed by atoms with Crippen molar-refractivity contribution in [1.82, 2.24) is 4.90 Å². The molecule has 17 heteroatoms. The minimum Gasteiger partial charge on any atom is -0.507 e. The molecule has 4 aliphatic heterocycles. The summed E-state index contributed by atoms with van der Waals surface area (Å²) >= 11 is 0. The van der Waals surface area contributed by atoms with Gasteiger partial charge in [0.2, 0.25) is 12.1 Å². The van der Waals surface area contributed by atoms with E-state index in [1.54, 1.807) is 65.7 Å². The van der Waals surface area contributed by atoms with E-state index in [-0.39, 0.29) is 53.0 Å². The van der Waals surface area contributed by atoms with E-state index >= 15 is 0 Å². The highest BCUT2D eigenvalue weighted by Crippen LogP contribution is 2.53. The quantitative estimate of drug-likeness (QED) is 0.193. The highest BCUT2D eigenvalue weighted by Gasteiger charge is 2.62. The fourth-order valence-electron chi connectivity index (χ4n) is 10.6. The Bertz CT molecular complexity index is 2070. The number of hydrogen-bond donors (Lipinski definition) is 6. The van der Waals surface area contributed by atoms with Gasteiger partial charge in [-0.15, -0.1) is 0 Å². The molecule has 0 amide bonds. The van der Waals surface area contributed by atoms with Crippen LogP contribution in [0.1, 0.15) is 96.5 Å². The predicted octanol–water partition coefficient (Wildman–Crippen LogP) is 0.782. The molecule has 2 bridgehead atoms. The van der Waals surface area contributed by atoms with E-state index in [1.807, 2.05) is 0 Å². The molecule has 16 atom stereocenters. The number of carbonyl (C=O) groups is 2. The summed E-state index contributed by atoms with van der Waals surface area (Å²) in [6.07, 6.45) is -10.6. The Morgan fingerprint density at radius 3 is 2.22 bits per heavy atom. The molecule has 3 saturated heterocycles. The van der Waals surface area contributed by atoms with Crippen LogP contribution in [0.15, 0.2) is 18.2 Å². The first kappa shape index (κ1) is 43.5. The first-order valence-corrected chi connectivity index (χ1v) is 20.4. The Morgan fingerprint density at radius 2 is 1.58 bits per heavy atom. The smallest absolute Gasteiger partial charge is 0.228 e. The van der Waals surface area contributed by atoms with Gasteiger partial charge in [0.15, 0.2) is 18.4 Å². The lowest BCUT2D eigenvalue weighted by molar-refractivity contribution is -0.370. The average molecular weight is 843 g/mol. The Hall–Kier alpha value is -3.14. The van der Waals surface area contributed by atoms with Crippen LogP contribution in [-0.2, 0) is 51.6 Å². The Balaban J connectivity index is 1.12. The number of rotatable bonds is 7. The van der Waals surface area contributed by atoms with E-state index in [0.717, 1.165) is 0 Å². The first-order chi connectivity index (χ1) is 28.0. The first-order valence-electron chi connectivity index (χ1n) is 20.4. The zero-order valence-corrected chi connectivity index (χ0v) is 35.6. The Labute approximate surface area is 348 Å². The summed E-state index contributed by atoms with van der Waals surface area (Å²) in [5.41, 5.74) is 2.67. The number of phenols is 1. The largest absolute Gasteiger partial charge is 0.507 e. The van der Waals surface area contributed by atoms with Crippen LogP contribution in [0.4, 0.5) is 0 Å². The number of fused-ring (bicyclic) bond motifs is 8. The molecule has 16 unspecified atom stereocenters. The normalized spacial score (nSPS) is 43.5. The lowest BCUT2D eigenvalue weighted by atomic mass is 9.72. The molecule has 0 radical (unpaired) electrons. The maximum Gasteiger partial charge on any atom is 0.228 e. The number of methoxy groups -OCH3 is 2. The van der Waals surface area contributed by atoms with Gasteiger partial charge in [0.05, 0.1) is 41.1 Å². The molecule has 4 heterocycles. The second-order valence-corrected chi connectivity index (χ2v) is 18.6. The summed E-state index contributed by atoms with van der Waals surface area (Å²) in [4.78, 5) is 30.7. The van der Waals surface area contributed by atoms with Gasteiger partial charge in [0, 0.05) is 61.3 Å². The van der Waals surface area contributed by atoms with Crippen LogP contribution in [0.2, 0.25) is 0 Å². The molecule has 2 aliphatic carbocycles. The highest BCUT2D eigenvalue weighted by molar-refractivity contribution is 6.30. The van der Waals surface area contributed by atoms with Gasteiger partial charge in [-0.1, -0.05) is 6.07 Å². The van der Waals surface area contributed by atoms with Crippen LogP contribution in [-0.4, -0.2) is 161 Å². The molecule has 0 saturated carbocycles. The summed E-state index contributed by atoms with van der Waals surface area (Å²) in [5.74, 6) is -1.47. The molecule has 3 fully saturated rings. The van der Waals surface area contributed by atoms with Gasteiger partial charge >= 0.3 is 0 Å². The molecule has 0 spiro atoms. The summed E-state index contributed by atoms with van der Waals surface area (Å²) in [6, 6.07) is 4.01. The molecule has 2 aromatic carbocycles. The second kappa shape index (κ2) is 14.7. The molecule has 0 aromatic heterocycles. The van der Waals surface area contributed by atoms with Crippen LogP contribution in [0, 0.1) is 0 Å². The fraction of sp³-hybridized carbons (Fsp3) is 0.674. The molecule has 8 rings (SSSR count). The van der Waals surface area contributed by atoms with Crippen molar-refractivity contribution in [1.29, 1.82) is 0 Å². The number of carbonyl (C=O) groups excluding carboxylic acids is 2. The van der Waals surface area contributed by atoms with Gasteiger partial charge in [-0.3, -0.25) is 9.59 Å². The number of aliphatic hydroxyl groups is 4. The average Bonchev–Trinajstić information content (AvgIpc) is 3.15. The van der Waals surface area contributed by atoms with Crippen LogP contribution in [0.5, 0.6) is 11.5 Å². The lowest BCUT2D eigenvalue weighted by Gasteiger charge is -2.56. The SMILES string of the molecule is COC1Cc2c(cc3c(c2O)C(=O)c2c(ccc4c2OC2OC4(C)C(OC4CC(C)(N)C(OC5OC(C)C(O)C(C)(O)C5OC)C(C)O4)C(N(C)C)C2O)C3=O)CC1(C)O. The molecular weight excluding hydrogens is 784 g/mol. The minimum atomic E-state index is -1.69. The van der Waals surface area contributed by atoms with Gasteiger partial charge < -0.3 is 74.1 Å². The summed E-state index contributed by atoms with van der Waals surface area (Å²) in [5, 5.41) is 56.5. The van der Waals surface area contributed by atoms with E-state index in [4.69, 9.17) is 43.6 Å². The number of phenolic OH excluding ortho intramolecular Hbond substituents is 1. The van der Waals surface area contributed by atoms with Crippen LogP contribution in [0.25, 0.3) is 0 Å². The summed E-state index contributed by atoms with van der Waals surface area (Å²) < 4.78 is 49.6. The van der Waals surface area contributed by atoms with Crippen molar-refractivity contribution in [2.75, 3.05) is 28.3 Å². The van der Waals surface area contributed by atoms with Crippen molar-refractivity contribution in [3.05, 3.63) is 57.1 Å². The molecule has 7 N–H and O–H groups in total. The zero-order chi connectivity index (χ0) is 43.8. The Kier molecular flexibility index (Phi) is 10.7. The molecule has 17 nitrogen and oxygen atoms in total. The number of ketones is 2. The number of hydrogen-bond acceptors (Lipinski definition) is 17. The van der Waals surface area contributed by atoms with Gasteiger partial charge in [0.25, 0.3) is 0 Å². The molecule has 60 heavy (non-hydrogen) atoms. The molecular formula is C43H58N2O15. The number of likely N-dealkylation sites (N-methyl/N-ethyl adjacent to an activating group) is 1. The minimum absolute atomic E-state index is 0.0173. The van der Waals surface area contributed by atoms with Crippen LogP contribution in [0.3, 0.4) is 0 Å². The van der Waals surface area contributed by atoms with E-state index in [9.17, 15) is 35.1 Å². The van der Waals surface area contributed by atoms with E-state index in [2.05, 4.69) is 0 Å². The molecule has 330 valence electrons. The van der Waals surface area contributed by atoms with Crippen LogP contribution >= 0.6 is 0 Å². The number of aliphatic hydroxyl groups excluding tert-OH is 2.